The number of likely N-dealkylation sites (N-methyl/N-ethyl adjacent to an activating group) is 1. The molecule has 0 aromatic heterocycles. The van der Waals surface area contributed by atoms with Gasteiger partial charge in [-0.3, -0.25) is 9.69 Å². The molecule has 1 aliphatic rings. The fourth-order valence-electron chi connectivity index (χ4n) is 2.58. The van der Waals surface area contributed by atoms with Gasteiger partial charge in [-0.05, 0) is 19.9 Å². The number of carbonyl (C=O) groups excluding carboxylic acids is 2. The summed E-state index contributed by atoms with van der Waals surface area (Å²) < 4.78 is 0. The highest BCUT2D eigenvalue weighted by Gasteiger charge is 2.22. The number of piperazine rings is 1. The summed E-state index contributed by atoms with van der Waals surface area (Å²) in [5.41, 5.74) is 0. The molecule has 0 aromatic carbocycles. The molecule has 0 spiro atoms. The van der Waals surface area contributed by atoms with Crippen LogP contribution >= 0.6 is 0 Å². The summed E-state index contributed by atoms with van der Waals surface area (Å²) in [5.74, 6) is 0.338. The Morgan fingerprint density at radius 2 is 1.89 bits per heavy atom. The van der Waals surface area contributed by atoms with E-state index in [1.807, 2.05) is 6.92 Å². The number of nitrogens with zero attached hydrogens (tertiary/aromatic N) is 2. The number of aldehydes is 1. The molecule has 19 heavy (non-hydrogen) atoms. The molecule has 1 aliphatic heterocycles. The van der Waals surface area contributed by atoms with Crippen LogP contribution in [0.2, 0.25) is 0 Å². The Morgan fingerprint density at radius 1 is 1.26 bits per heavy atom. The van der Waals surface area contributed by atoms with E-state index in [0.29, 0.717) is 13.0 Å². The number of Topliss-reactive ketones (excluding diaryl/α,β-unsaturated/α-hetero) is 1. The summed E-state index contributed by atoms with van der Waals surface area (Å²) in [6.45, 7) is 8.61. The first-order valence-corrected chi connectivity index (χ1v) is 7.45. The molecular weight excluding hydrogens is 240 g/mol. The van der Waals surface area contributed by atoms with E-state index in [4.69, 9.17) is 0 Å². The van der Waals surface area contributed by atoms with Gasteiger partial charge in [-0.2, -0.15) is 0 Å². The summed E-state index contributed by atoms with van der Waals surface area (Å²) in [4.78, 5) is 27.6. The van der Waals surface area contributed by atoms with Crippen molar-refractivity contribution in [1.29, 1.82) is 0 Å². The van der Waals surface area contributed by atoms with Crippen LogP contribution in [0.4, 0.5) is 0 Å². The van der Waals surface area contributed by atoms with Gasteiger partial charge in [0.2, 0.25) is 0 Å². The molecule has 2 unspecified atom stereocenters. The molecule has 1 saturated heterocycles. The van der Waals surface area contributed by atoms with Crippen molar-refractivity contribution in [3.8, 4) is 0 Å². The van der Waals surface area contributed by atoms with E-state index in [9.17, 15) is 9.59 Å². The van der Waals surface area contributed by atoms with Crippen LogP contribution in [0.1, 0.15) is 33.1 Å². The number of hydrogen-bond acceptors (Lipinski definition) is 4. The van der Waals surface area contributed by atoms with Gasteiger partial charge in [-0.25, -0.2) is 0 Å². The third-order valence-electron chi connectivity index (χ3n) is 4.03. The zero-order valence-electron chi connectivity index (χ0n) is 12.6. The molecule has 1 fully saturated rings. The average Bonchev–Trinajstić information content (AvgIpc) is 2.40. The third kappa shape index (κ3) is 5.83. The standard InChI is InChI=1S/C15H28N2O2/c1-4-5-14(12-18)10-13(2)15(19)11-17-8-6-16(3)7-9-17/h12-14H,4-11H2,1-3H3. The smallest absolute Gasteiger partial charge is 0.149 e. The molecule has 0 amide bonds. The molecular formula is C15H28N2O2. The maximum absolute atomic E-state index is 12.2. The zero-order chi connectivity index (χ0) is 14.3. The van der Waals surface area contributed by atoms with Crippen LogP contribution in [-0.2, 0) is 9.59 Å². The normalized spacial score (nSPS) is 21.0. The molecule has 0 aromatic rings. The predicted octanol–water partition coefficient (Wildman–Crippen LogP) is 1.44. The van der Waals surface area contributed by atoms with Gasteiger partial charge in [0, 0.05) is 38.0 Å². The highest BCUT2D eigenvalue weighted by atomic mass is 16.1. The van der Waals surface area contributed by atoms with Gasteiger partial charge in [-0.15, -0.1) is 0 Å². The van der Waals surface area contributed by atoms with Gasteiger partial charge in [0.1, 0.15) is 12.1 Å². The maximum atomic E-state index is 12.2. The minimum absolute atomic E-state index is 0.00130. The van der Waals surface area contributed by atoms with Crippen LogP contribution in [0.15, 0.2) is 0 Å². The molecule has 0 radical (unpaired) electrons. The van der Waals surface area contributed by atoms with Gasteiger partial charge < -0.3 is 9.69 Å². The van der Waals surface area contributed by atoms with Gasteiger partial charge in [0.15, 0.2) is 0 Å². The Morgan fingerprint density at radius 3 is 2.42 bits per heavy atom. The van der Waals surface area contributed by atoms with Crippen molar-refractivity contribution in [3.05, 3.63) is 0 Å². The van der Waals surface area contributed by atoms with Crippen molar-refractivity contribution in [3.63, 3.8) is 0 Å². The Hall–Kier alpha value is -0.740. The molecule has 0 aliphatic carbocycles. The lowest BCUT2D eigenvalue weighted by atomic mass is 9.90. The van der Waals surface area contributed by atoms with Gasteiger partial charge in [0.05, 0.1) is 6.54 Å². The van der Waals surface area contributed by atoms with Crippen molar-refractivity contribution in [2.24, 2.45) is 11.8 Å². The number of carbonyl (C=O) groups is 2. The van der Waals surface area contributed by atoms with Crippen LogP contribution in [-0.4, -0.2) is 61.6 Å². The largest absolute Gasteiger partial charge is 0.304 e. The van der Waals surface area contributed by atoms with Crippen LogP contribution < -0.4 is 0 Å². The summed E-state index contributed by atoms with van der Waals surface area (Å²) in [7, 11) is 2.11. The fraction of sp³-hybridized carbons (Fsp3) is 0.867. The first-order valence-electron chi connectivity index (χ1n) is 7.45. The molecule has 2 atom stereocenters. The lowest BCUT2D eigenvalue weighted by Gasteiger charge is -2.32. The molecule has 110 valence electrons. The summed E-state index contributed by atoms with van der Waals surface area (Å²) in [6, 6.07) is 0. The summed E-state index contributed by atoms with van der Waals surface area (Å²) >= 11 is 0. The second kappa shape index (κ2) is 8.43. The fourth-order valence-corrected chi connectivity index (χ4v) is 2.58. The van der Waals surface area contributed by atoms with E-state index >= 15 is 0 Å². The highest BCUT2D eigenvalue weighted by molar-refractivity contribution is 5.83. The van der Waals surface area contributed by atoms with Crippen LogP contribution in [0.3, 0.4) is 0 Å². The summed E-state index contributed by atoms with van der Waals surface area (Å²) in [5, 5.41) is 0. The van der Waals surface area contributed by atoms with Crippen molar-refractivity contribution >= 4 is 12.1 Å². The monoisotopic (exact) mass is 268 g/mol. The topological polar surface area (TPSA) is 40.6 Å². The van der Waals surface area contributed by atoms with E-state index in [0.717, 1.165) is 45.3 Å². The third-order valence-corrected chi connectivity index (χ3v) is 4.03. The maximum Gasteiger partial charge on any atom is 0.149 e. The predicted molar refractivity (Wildman–Crippen MR) is 77.2 cm³/mol. The first-order chi connectivity index (χ1) is 9.06. The molecule has 0 saturated carbocycles. The van der Waals surface area contributed by atoms with E-state index in [2.05, 4.69) is 23.8 Å². The van der Waals surface area contributed by atoms with E-state index < -0.39 is 0 Å². The number of rotatable bonds is 8. The minimum Gasteiger partial charge on any atom is -0.304 e. The van der Waals surface area contributed by atoms with Crippen molar-refractivity contribution < 1.29 is 9.59 Å². The van der Waals surface area contributed by atoms with Crippen molar-refractivity contribution in [2.45, 2.75) is 33.1 Å². The highest BCUT2D eigenvalue weighted by Crippen LogP contribution is 2.17. The average molecular weight is 268 g/mol. The van der Waals surface area contributed by atoms with Gasteiger partial charge in [-0.1, -0.05) is 20.3 Å². The van der Waals surface area contributed by atoms with Crippen molar-refractivity contribution in [1.82, 2.24) is 9.80 Å². The van der Waals surface area contributed by atoms with Crippen LogP contribution in [0, 0.1) is 11.8 Å². The SMILES string of the molecule is CCCC(C=O)CC(C)C(=O)CN1CCN(C)CC1. The summed E-state index contributed by atoms with van der Waals surface area (Å²) in [6.07, 6.45) is 3.63. The molecule has 4 heteroatoms. The molecule has 0 bridgehead atoms. The number of hydrogen-bond donors (Lipinski definition) is 0. The van der Waals surface area contributed by atoms with Gasteiger partial charge in [0.25, 0.3) is 0 Å². The lowest BCUT2D eigenvalue weighted by Crippen LogP contribution is -2.46. The lowest BCUT2D eigenvalue weighted by molar-refractivity contribution is -0.124. The molecule has 1 heterocycles. The number of ketones is 1. The quantitative estimate of drug-likeness (QED) is 0.625. The van der Waals surface area contributed by atoms with Crippen LogP contribution in [0.5, 0.6) is 0 Å². The van der Waals surface area contributed by atoms with E-state index in [-0.39, 0.29) is 17.6 Å². The Kier molecular flexibility index (Phi) is 7.24. The van der Waals surface area contributed by atoms with E-state index in [1.165, 1.54) is 0 Å². The van der Waals surface area contributed by atoms with Gasteiger partial charge >= 0.3 is 0 Å². The van der Waals surface area contributed by atoms with E-state index in [1.54, 1.807) is 0 Å². The molecule has 0 N–H and O–H groups in total. The Bertz CT molecular complexity index is 286. The zero-order valence-corrected chi connectivity index (χ0v) is 12.6. The Labute approximate surface area is 117 Å². The minimum atomic E-state index is 0.00130. The molecule has 4 nitrogen and oxygen atoms in total. The Balaban J connectivity index is 2.33. The first kappa shape index (κ1) is 16.3. The van der Waals surface area contributed by atoms with Crippen molar-refractivity contribution in [2.75, 3.05) is 39.8 Å². The molecule has 1 rings (SSSR count). The second-order valence-corrected chi connectivity index (χ2v) is 5.87. The van der Waals surface area contributed by atoms with Crippen LogP contribution in [0.25, 0.3) is 0 Å². The second-order valence-electron chi connectivity index (χ2n) is 5.87.